The van der Waals surface area contributed by atoms with Gasteiger partial charge in [-0.2, -0.15) is 0 Å². The molecule has 1 heterocycles. The van der Waals surface area contributed by atoms with Crippen LogP contribution in [0.15, 0.2) is 4.99 Å². The fourth-order valence-electron chi connectivity index (χ4n) is 4.32. The largest absolute Gasteiger partial charge is 0.362 e. The van der Waals surface area contributed by atoms with Crippen molar-refractivity contribution >= 4 is 16.9 Å². The van der Waals surface area contributed by atoms with E-state index in [1.165, 1.54) is 36.6 Å². The first kappa shape index (κ1) is 9.81. The van der Waals surface area contributed by atoms with Crippen LogP contribution in [0.4, 0.5) is 0 Å². The van der Waals surface area contributed by atoms with Crippen LogP contribution in [-0.2, 0) is 0 Å². The summed E-state index contributed by atoms with van der Waals surface area (Å²) in [6.45, 7) is 2.27. The Bertz CT molecular complexity index is 325. The number of aliphatic imine (C=N–C) groups is 1. The minimum Gasteiger partial charge on any atom is -0.362 e. The van der Waals surface area contributed by atoms with Crippen LogP contribution >= 0.6 is 11.8 Å². The second-order valence-electron chi connectivity index (χ2n) is 6.10. The maximum absolute atomic E-state index is 4.99. The Morgan fingerprint density at radius 2 is 1.94 bits per heavy atom. The Balaban J connectivity index is 1.47. The van der Waals surface area contributed by atoms with Crippen molar-refractivity contribution in [2.24, 2.45) is 28.7 Å². The molecule has 4 fully saturated rings. The first-order chi connectivity index (χ1) is 7.83. The topological polar surface area (TPSA) is 24.4 Å². The van der Waals surface area contributed by atoms with E-state index >= 15 is 0 Å². The molecule has 0 amide bonds. The first-order valence-corrected chi connectivity index (χ1v) is 7.78. The molecule has 16 heavy (non-hydrogen) atoms. The fraction of sp³-hybridized carbons (Fsp3) is 0.923. The van der Waals surface area contributed by atoms with Crippen LogP contribution in [0.1, 0.15) is 32.6 Å². The number of nitrogens with zero attached hydrogens (tertiary/aromatic N) is 1. The van der Waals surface area contributed by atoms with Crippen LogP contribution in [0, 0.1) is 23.7 Å². The highest BCUT2D eigenvalue weighted by atomic mass is 32.2. The summed E-state index contributed by atoms with van der Waals surface area (Å²) in [7, 11) is 0. The van der Waals surface area contributed by atoms with Gasteiger partial charge in [-0.1, -0.05) is 11.8 Å². The number of hydrogen-bond donors (Lipinski definition) is 1. The summed E-state index contributed by atoms with van der Waals surface area (Å²) in [4.78, 5) is 4.99. The highest BCUT2D eigenvalue weighted by Gasteiger charge is 2.65. The quantitative estimate of drug-likeness (QED) is 0.756. The van der Waals surface area contributed by atoms with Crippen molar-refractivity contribution in [2.75, 3.05) is 5.75 Å². The SMILES string of the molecule is CC1CCSC(=NC2C3C4CCC(C4)C23)N1. The van der Waals surface area contributed by atoms with Crippen LogP contribution in [-0.4, -0.2) is 23.0 Å². The molecule has 0 aromatic carbocycles. The standard InChI is InChI=1S/C13H20N2S/c1-7-4-5-16-13(14-7)15-12-10-8-2-3-9(6-8)11(10)12/h7-12H,2-6H2,1H3,(H,14,15). The maximum Gasteiger partial charge on any atom is 0.157 e. The molecule has 5 unspecified atom stereocenters. The van der Waals surface area contributed by atoms with Gasteiger partial charge in [0.15, 0.2) is 5.17 Å². The van der Waals surface area contributed by atoms with E-state index in [0.29, 0.717) is 12.1 Å². The number of amidine groups is 1. The lowest BCUT2D eigenvalue weighted by Gasteiger charge is -2.22. The molecule has 3 heteroatoms. The summed E-state index contributed by atoms with van der Waals surface area (Å²) in [5, 5.41) is 4.79. The predicted molar refractivity (Wildman–Crippen MR) is 68.7 cm³/mol. The summed E-state index contributed by atoms with van der Waals surface area (Å²) >= 11 is 1.94. The Morgan fingerprint density at radius 1 is 1.19 bits per heavy atom. The van der Waals surface area contributed by atoms with Crippen molar-refractivity contribution in [3.05, 3.63) is 0 Å². The number of nitrogens with one attached hydrogen (secondary N) is 1. The Kier molecular flexibility index (Phi) is 2.09. The van der Waals surface area contributed by atoms with E-state index in [9.17, 15) is 0 Å². The van der Waals surface area contributed by atoms with Gasteiger partial charge in [0.05, 0.1) is 6.04 Å². The molecule has 0 radical (unpaired) electrons. The molecule has 3 saturated carbocycles. The fourth-order valence-corrected chi connectivity index (χ4v) is 5.46. The van der Waals surface area contributed by atoms with Crippen molar-refractivity contribution in [3.8, 4) is 0 Å². The molecular weight excluding hydrogens is 216 g/mol. The van der Waals surface area contributed by atoms with Crippen molar-refractivity contribution in [1.29, 1.82) is 0 Å². The van der Waals surface area contributed by atoms with Gasteiger partial charge in [0.1, 0.15) is 0 Å². The Labute approximate surface area is 102 Å². The van der Waals surface area contributed by atoms with Gasteiger partial charge in [-0.05, 0) is 56.3 Å². The minimum atomic E-state index is 0.635. The molecule has 88 valence electrons. The van der Waals surface area contributed by atoms with Gasteiger partial charge in [-0.25, -0.2) is 0 Å². The number of fused-ring (bicyclic) bond motifs is 5. The average Bonchev–Trinajstić information content (AvgIpc) is 2.70. The van der Waals surface area contributed by atoms with Gasteiger partial charge in [0.25, 0.3) is 0 Å². The molecule has 1 saturated heterocycles. The molecular formula is C13H20N2S. The molecule has 2 bridgehead atoms. The lowest BCUT2D eigenvalue weighted by atomic mass is 10.0. The average molecular weight is 236 g/mol. The van der Waals surface area contributed by atoms with Crippen molar-refractivity contribution < 1.29 is 0 Å². The molecule has 0 spiro atoms. The van der Waals surface area contributed by atoms with Crippen LogP contribution < -0.4 is 5.32 Å². The van der Waals surface area contributed by atoms with E-state index in [1.54, 1.807) is 0 Å². The number of rotatable bonds is 1. The highest BCUT2D eigenvalue weighted by Crippen LogP contribution is 2.67. The van der Waals surface area contributed by atoms with Gasteiger partial charge >= 0.3 is 0 Å². The van der Waals surface area contributed by atoms with Crippen molar-refractivity contribution in [1.82, 2.24) is 5.32 Å². The van der Waals surface area contributed by atoms with Gasteiger partial charge in [0, 0.05) is 11.8 Å². The van der Waals surface area contributed by atoms with E-state index in [4.69, 9.17) is 4.99 Å². The maximum atomic E-state index is 4.99. The Morgan fingerprint density at radius 3 is 2.62 bits per heavy atom. The molecule has 1 aliphatic heterocycles. The van der Waals surface area contributed by atoms with Gasteiger partial charge in [-0.3, -0.25) is 4.99 Å². The normalized spacial score (nSPS) is 56.2. The lowest BCUT2D eigenvalue weighted by molar-refractivity contribution is 0.456. The zero-order valence-corrected chi connectivity index (χ0v) is 10.7. The zero-order chi connectivity index (χ0) is 10.7. The monoisotopic (exact) mass is 236 g/mol. The second-order valence-corrected chi connectivity index (χ2v) is 7.18. The van der Waals surface area contributed by atoms with E-state index < -0.39 is 0 Å². The third-order valence-corrected chi connectivity index (χ3v) is 6.06. The van der Waals surface area contributed by atoms with Crippen LogP contribution in [0.2, 0.25) is 0 Å². The van der Waals surface area contributed by atoms with E-state index in [-0.39, 0.29) is 0 Å². The molecule has 1 N–H and O–H groups in total. The van der Waals surface area contributed by atoms with Crippen molar-refractivity contribution in [3.63, 3.8) is 0 Å². The number of hydrogen-bond acceptors (Lipinski definition) is 2. The second kappa shape index (κ2) is 3.41. The van der Waals surface area contributed by atoms with Gasteiger partial charge < -0.3 is 5.32 Å². The first-order valence-electron chi connectivity index (χ1n) is 6.80. The van der Waals surface area contributed by atoms with E-state index in [1.807, 2.05) is 11.8 Å². The summed E-state index contributed by atoms with van der Waals surface area (Å²) in [5.41, 5.74) is 0. The molecule has 2 nitrogen and oxygen atoms in total. The van der Waals surface area contributed by atoms with Crippen LogP contribution in [0.3, 0.4) is 0 Å². The summed E-state index contributed by atoms with van der Waals surface area (Å²) in [6.07, 6.45) is 5.83. The van der Waals surface area contributed by atoms with Crippen molar-refractivity contribution in [2.45, 2.75) is 44.7 Å². The molecule has 4 aliphatic rings. The molecule has 5 atom stereocenters. The minimum absolute atomic E-state index is 0.635. The highest BCUT2D eigenvalue weighted by molar-refractivity contribution is 8.13. The number of thioether (sulfide) groups is 1. The van der Waals surface area contributed by atoms with E-state index in [2.05, 4.69) is 12.2 Å². The molecule has 3 aliphatic carbocycles. The van der Waals surface area contributed by atoms with Gasteiger partial charge in [0.2, 0.25) is 0 Å². The summed E-state index contributed by atoms with van der Waals surface area (Å²) in [6, 6.07) is 1.35. The predicted octanol–water partition coefficient (Wildman–Crippen LogP) is 2.50. The van der Waals surface area contributed by atoms with Crippen LogP contribution in [0.5, 0.6) is 0 Å². The summed E-state index contributed by atoms with van der Waals surface area (Å²) < 4.78 is 0. The third-order valence-electron chi connectivity index (χ3n) is 5.12. The van der Waals surface area contributed by atoms with E-state index in [0.717, 1.165) is 23.7 Å². The zero-order valence-electron chi connectivity index (χ0n) is 9.86. The molecule has 0 aromatic rings. The lowest BCUT2D eigenvalue weighted by Crippen LogP contribution is -2.35. The summed E-state index contributed by atoms with van der Waals surface area (Å²) in [5.74, 6) is 5.34. The smallest absolute Gasteiger partial charge is 0.157 e. The van der Waals surface area contributed by atoms with Gasteiger partial charge in [-0.15, -0.1) is 0 Å². The van der Waals surface area contributed by atoms with Crippen LogP contribution in [0.25, 0.3) is 0 Å². The molecule has 0 aromatic heterocycles. The third kappa shape index (κ3) is 1.36. The Hall–Kier alpha value is -0.180. The molecule has 4 rings (SSSR count).